The van der Waals surface area contributed by atoms with Crippen LogP contribution in [-0.2, 0) is 4.74 Å². The molecule has 152 valence electrons. The Hall–Kier alpha value is -3.93. The Balaban J connectivity index is 1.74. The molecule has 1 atom stereocenters. The minimum Gasteiger partial charge on any atom is -0.465 e. The monoisotopic (exact) mass is 402 g/mol. The smallest absolute Gasteiger partial charge is 0.337 e. The number of anilines is 1. The number of amides is 2. The molecule has 3 aromatic rings. The SMILES string of the molecule is COC(=O)c1ccc(C(=O)Nc2ccccc2C(=O)NC(C)c2ccccc2)cc1. The van der Waals surface area contributed by atoms with E-state index in [1.54, 1.807) is 24.3 Å². The molecule has 30 heavy (non-hydrogen) atoms. The quantitative estimate of drug-likeness (QED) is 0.605. The van der Waals surface area contributed by atoms with Crippen LogP contribution in [-0.4, -0.2) is 24.9 Å². The molecular formula is C24H22N2O4. The van der Waals surface area contributed by atoms with Crippen molar-refractivity contribution in [3.05, 3.63) is 101 Å². The van der Waals surface area contributed by atoms with Crippen molar-refractivity contribution in [2.24, 2.45) is 0 Å². The number of carbonyl (C=O) groups is 3. The molecule has 1 unspecified atom stereocenters. The van der Waals surface area contributed by atoms with Gasteiger partial charge in [-0.25, -0.2) is 4.79 Å². The van der Waals surface area contributed by atoms with Crippen molar-refractivity contribution in [2.75, 3.05) is 12.4 Å². The summed E-state index contributed by atoms with van der Waals surface area (Å²) in [5.41, 5.74) is 2.45. The maximum Gasteiger partial charge on any atom is 0.337 e. The number of para-hydroxylation sites is 1. The fourth-order valence-electron chi connectivity index (χ4n) is 2.96. The molecule has 0 aliphatic rings. The average Bonchev–Trinajstić information content (AvgIpc) is 2.79. The largest absolute Gasteiger partial charge is 0.465 e. The van der Waals surface area contributed by atoms with Gasteiger partial charge in [0.25, 0.3) is 11.8 Å². The van der Waals surface area contributed by atoms with Gasteiger partial charge in [-0.3, -0.25) is 9.59 Å². The van der Waals surface area contributed by atoms with Crippen LogP contribution in [0.15, 0.2) is 78.9 Å². The van der Waals surface area contributed by atoms with Gasteiger partial charge in [-0.15, -0.1) is 0 Å². The second-order valence-electron chi connectivity index (χ2n) is 6.67. The van der Waals surface area contributed by atoms with Gasteiger partial charge in [0.15, 0.2) is 0 Å². The Morgan fingerprint density at radius 2 is 1.37 bits per heavy atom. The van der Waals surface area contributed by atoms with Crippen molar-refractivity contribution in [1.82, 2.24) is 5.32 Å². The second kappa shape index (κ2) is 9.52. The lowest BCUT2D eigenvalue weighted by atomic mass is 10.1. The summed E-state index contributed by atoms with van der Waals surface area (Å²) in [5, 5.41) is 5.72. The molecule has 6 heteroatoms. The van der Waals surface area contributed by atoms with E-state index in [-0.39, 0.29) is 17.9 Å². The van der Waals surface area contributed by atoms with E-state index < -0.39 is 5.97 Å². The highest BCUT2D eigenvalue weighted by Gasteiger charge is 2.17. The van der Waals surface area contributed by atoms with E-state index in [9.17, 15) is 14.4 Å². The lowest BCUT2D eigenvalue weighted by molar-refractivity contribution is 0.0600. The van der Waals surface area contributed by atoms with Gasteiger partial charge in [0, 0.05) is 5.56 Å². The van der Waals surface area contributed by atoms with Gasteiger partial charge in [0.2, 0.25) is 0 Å². The first-order valence-electron chi connectivity index (χ1n) is 9.44. The number of hydrogen-bond acceptors (Lipinski definition) is 4. The van der Waals surface area contributed by atoms with Crippen molar-refractivity contribution in [3.8, 4) is 0 Å². The number of nitrogens with one attached hydrogen (secondary N) is 2. The third-order valence-corrected chi connectivity index (χ3v) is 4.64. The van der Waals surface area contributed by atoms with E-state index in [1.165, 1.54) is 31.4 Å². The Labute approximate surface area is 174 Å². The van der Waals surface area contributed by atoms with Gasteiger partial charge in [-0.05, 0) is 48.9 Å². The van der Waals surface area contributed by atoms with Crippen LogP contribution >= 0.6 is 0 Å². The number of rotatable bonds is 6. The van der Waals surface area contributed by atoms with Crippen molar-refractivity contribution < 1.29 is 19.1 Å². The zero-order chi connectivity index (χ0) is 21.5. The zero-order valence-electron chi connectivity index (χ0n) is 16.7. The molecule has 0 saturated carbocycles. The molecule has 0 aliphatic heterocycles. The topological polar surface area (TPSA) is 84.5 Å². The highest BCUT2D eigenvalue weighted by atomic mass is 16.5. The summed E-state index contributed by atoms with van der Waals surface area (Å²) in [6.45, 7) is 1.90. The van der Waals surface area contributed by atoms with E-state index >= 15 is 0 Å². The van der Waals surface area contributed by atoms with Crippen molar-refractivity contribution in [3.63, 3.8) is 0 Å². The highest BCUT2D eigenvalue weighted by molar-refractivity contribution is 6.09. The van der Waals surface area contributed by atoms with Crippen LogP contribution < -0.4 is 10.6 Å². The van der Waals surface area contributed by atoms with Gasteiger partial charge in [0.1, 0.15) is 0 Å². The Bertz CT molecular complexity index is 1050. The molecule has 6 nitrogen and oxygen atoms in total. The van der Waals surface area contributed by atoms with Gasteiger partial charge in [0.05, 0.1) is 30.0 Å². The molecule has 0 heterocycles. The van der Waals surface area contributed by atoms with E-state index in [4.69, 9.17) is 0 Å². The normalized spacial score (nSPS) is 11.3. The Kier molecular flexibility index (Phi) is 6.60. The minimum absolute atomic E-state index is 0.187. The molecule has 2 N–H and O–H groups in total. The number of ether oxygens (including phenoxy) is 1. The number of benzene rings is 3. The van der Waals surface area contributed by atoms with E-state index in [1.807, 2.05) is 37.3 Å². The van der Waals surface area contributed by atoms with E-state index in [2.05, 4.69) is 15.4 Å². The van der Waals surface area contributed by atoms with Crippen LogP contribution in [0.4, 0.5) is 5.69 Å². The first kappa shape index (κ1) is 20.8. The molecule has 0 aliphatic carbocycles. The maximum atomic E-state index is 12.8. The molecule has 0 radical (unpaired) electrons. The van der Waals surface area contributed by atoms with Crippen LogP contribution in [0.5, 0.6) is 0 Å². The van der Waals surface area contributed by atoms with Gasteiger partial charge >= 0.3 is 5.97 Å². The summed E-state index contributed by atoms with van der Waals surface area (Å²) in [7, 11) is 1.30. The van der Waals surface area contributed by atoms with Crippen LogP contribution in [0.3, 0.4) is 0 Å². The van der Waals surface area contributed by atoms with Crippen LogP contribution in [0, 0.1) is 0 Å². The van der Waals surface area contributed by atoms with E-state index in [0.29, 0.717) is 22.4 Å². The number of hydrogen-bond donors (Lipinski definition) is 2. The highest BCUT2D eigenvalue weighted by Crippen LogP contribution is 2.19. The predicted molar refractivity (Wildman–Crippen MR) is 114 cm³/mol. The van der Waals surface area contributed by atoms with Crippen LogP contribution in [0.2, 0.25) is 0 Å². The molecule has 3 rings (SSSR count). The van der Waals surface area contributed by atoms with Crippen molar-refractivity contribution in [2.45, 2.75) is 13.0 Å². The maximum absolute atomic E-state index is 12.8. The molecule has 0 bridgehead atoms. The summed E-state index contributed by atoms with van der Waals surface area (Å²) in [5.74, 6) is -1.15. The molecule has 0 saturated heterocycles. The Morgan fingerprint density at radius 3 is 2.03 bits per heavy atom. The molecular weight excluding hydrogens is 380 g/mol. The Morgan fingerprint density at radius 1 is 0.767 bits per heavy atom. The standard InChI is InChI=1S/C24H22N2O4/c1-16(17-8-4-3-5-9-17)25-23(28)20-10-6-7-11-21(20)26-22(27)18-12-14-19(15-13-18)24(29)30-2/h3-16H,1-2H3,(H,25,28)(H,26,27). The lowest BCUT2D eigenvalue weighted by Crippen LogP contribution is -2.28. The first-order valence-corrected chi connectivity index (χ1v) is 9.44. The summed E-state index contributed by atoms with van der Waals surface area (Å²) >= 11 is 0. The van der Waals surface area contributed by atoms with Crippen LogP contribution in [0.1, 0.15) is 49.6 Å². The lowest BCUT2D eigenvalue weighted by Gasteiger charge is -2.16. The van der Waals surface area contributed by atoms with Gasteiger partial charge in [-0.1, -0.05) is 42.5 Å². The van der Waals surface area contributed by atoms with Gasteiger partial charge in [-0.2, -0.15) is 0 Å². The average molecular weight is 402 g/mol. The van der Waals surface area contributed by atoms with Crippen LogP contribution in [0.25, 0.3) is 0 Å². The third kappa shape index (κ3) is 4.91. The summed E-state index contributed by atoms with van der Waals surface area (Å²) in [6.07, 6.45) is 0. The molecule has 0 spiro atoms. The van der Waals surface area contributed by atoms with Gasteiger partial charge < -0.3 is 15.4 Å². The predicted octanol–water partition coefficient (Wildman–Crippen LogP) is 4.22. The number of methoxy groups -OCH3 is 1. The molecule has 0 aromatic heterocycles. The fraction of sp³-hybridized carbons (Fsp3) is 0.125. The number of esters is 1. The number of carbonyl (C=O) groups excluding carboxylic acids is 3. The minimum atomic E-state index is -0.475. The molecule has 0 fully saturated rings. The summed E-state index contributed by atoms with van der Waals surface area (Å²) < 4.78 is 4.65. The summed E-state index contributed by atoms with van der Waals surface area (Å²) in [4.78, 5) is 37.0. The van der Waals surface area contributed by atoms with Crippen molar-refractivity contribution >= 4 is 23.5 Å². The summed E-state index contributed by atoms with van der Waals surface area (Å²) in [6, 6.07) is 22.3. The fourth-order valence-corrected chi connectivity index (χ4v) is 2.96. The molecule has 3 aromatic carbocycles. The second-order valence-corrected chi connectivity index (χ2v) is 6.67. The first-order chi connectivity index (χ1) is 14.5. The molecule has 2 amide bonds. The van der Waals surface area contributed by atoms with Crippen molar-refractivity contribution in [1.29, 1.82) is 0 Å². The third-order valence-electron chi connectivity index (χ3n) is 4.64. The van der Waals surface area contributed by atoms with E-state index in [0.717, 1.165) is 5.56 Å². The zero-order valence-corrected chi connectivity index (χ0v) is 16.7.